The fourth-order valence-corrected chi connectivity index (χ4v) is 7.05. The maximum absolute atomic E-state index is 13.3. The van der Waals surface area contributed by atoms with Gasteiger partial charge in [0.25, 0.3) is 0 Å². The van der Waals surface area contributed by atoms with E-state index in [-0.39, 0.29) is 5.41 Å². The molecule has 4 rings (SSSR count). The van der Waals surface area contributed by atoms with E-state index in [1.807, 2.05) is 18.2 Å². The molecule has 3 atom stereocenters. The second-order valence-corrected chi connectivity index (χ2v) is 12.2. The highest BCUT2D eigenvalue weighted by molar-refractivity contribution is 7.09. The summed E-state index contributed by atoms with van der Waals surface area (Å²) in [5.74, 6) is 1.95. The predicted octanol–water partition coefficient (Wildman–Crippen LogP) is 5.56. The van der Waals surface area contributed by atoms with Gasteiger partial charge in [0.15, 0.2) is 0 Å². The van der Waals surface area contributed by atoms with Gasteiger partial charge in [-0.15, -0.1) is 0 Å². The summed E-state index contributed by atoms with van der Waals surface area (Å²) in [5, 5.41) is 0.910. The summed E-state index contributed by atoms with van der Waals surface area (Å²) in [6.45, 7) is 13.1. The summed E-state index contributed by atoms with van der Waals surface area (Å²) in [6, 6.07) is 8.74. The maximum atomic E-state index is 13.3. The van der Waals surface area contributed by atoms with Crippen LogP contribution in [0, 0.1) is 10.8 Å². The van der Waals surface area contributed by atoms with E-state index in [2.05, 4.69) is 54.9 Å². The van der Waals surface area contributed by atoms with Crippen LogP contribution in [0.3, 0.4) is 0 Å². The molecular weight excluding hydrogens is 444 g/mol. The molecule has 0 radical (unpaired) electrons. The van der Waals surface area contributed by atoms with Gasteiger partial charge in [-0.2, -0.15) is 4.37 Å². The molecule has 2 fully saturated rings. The molecule has 1 amide bonds. The van der Waals surface area contributed by atoms with Gasteiger partial charge in [0.1, 0.15) is 11.6 Å². The molecular formula is C27H40N4O2S. The fraction of sp³-hybridized carbons (Fsp3) is 0.667. The van der Waals surface area contributed by atoms with Crippen LogP contribution in [0.5, 0.6) is 5.75 Å². The number of carbonyl (C=O) groups is 1. The number of anilines is 1. The van der Waals surface area contributed by atoms with Gasteiger partial charge in [-0.3, -0.25) is 4.79 Å². The summed E-state index contributed by atoms with van der Waals surface area (Å²) in [5.41, 5.74) is 1.72. The smallest absolute Gasteiger partial charge is 0.224 e. The highest BCUT2D eigenvalue weighted by atomic mass is 32.1. The van der Waals surface area contributed by atoms with Crippen LogP contribution in [-0.4, -0.2) is 52.4 Å². The third kappa shape index (κ3) is 5.56. The Morgan fingerprint density at radius 2 is 2.12 bits per heavy atom. The fourth-order valence-electron chi connectivity index (χ4n) is 6.23. The molecule has 2 aliphatic rings. The van der Waals surface area contributed by atoms with Crippen molar-refractivity contribution in [2.75, 3.05) is 25.1 Å². The zero-order valence-corrected chi connectivity index (χ0v) is 22.5. The Balaban J connectivity index is 1.42. The molecule has 1 saturated carbocycles. The van der Waals surface area contributed by atoms with Crippen LogP contribution in [0.15, 0.2) is 24.3 Å². The van der Waals surface area contributed by atoms with Gasteiger partial charge in [-0.05, 0) is 61.1 Å². The van der Waals surface area contributed by atoms with Crippen molar-refractivity contribution in [3.63, 3.8) is 0 Å². The number of carbonyl (C=O) groups excluding carboxylic acids is 1. The second kappa shape index (κ2) is 9.84. The molecule has 1 aromatic heterocycles. The molecule has 7 heteroatoms. The quantitative estimate of drug-likeness (QED) is 0.466. The van der Waals surface area contributed by atoms with Gasteiger partial charge in [0.05, 0.1) is 7.11 Å². The first-order chi connectivity index (χ1) is 16.1. The van der Waals surface area contributed by atoms with Crippen LogP contribution in [0.1, 0.15) is 78.1 Å². The molecule has 2 bridgehead atoms. The number of ether oxygens (including phenoxy) is 1. The molecule has 186 valence electrons. The zero-order valence-electron chi connectivity index (χ0n) is 21.6. The highest BCUT2D eigenvalue weighted by Crippen LogP contribution is 2.52. The Morgan fingerprint density at radius 3 is 2.85 bits per heavy atom. The first-order valence-electron chi connectivity index (χ1n) is 12.6. The van der Waals surface area contributed by atoms with Crippen molar-refractivity contribution in [1.82, 2.24) is 14.3 Å². The van der Waals surface area contributed by atoms with E-state index in [9.17, 15) is 4.79 Å². The number of hydrogen-bond donors (Lipinski definition) is 0. The van der Waals surface area contributed by atoms with Crippen molar-refractivity contribution in [3.8, 4) is 5.75 Å². The van der Waals surface area contributed by atoms with Crippen LogP contribution in [0.2, 0.25) is 0 Å². The Morgan fingerprint density at radius 1 is 1.32 bits per heavy atom. The molecule has 2 heterocycles. The van der Waals surface area contributed by atoms with E-state index in [0.717, 1.165) is 48.1 Å². The highest BCUT2D eigenvalue weighted by Gasteiger charge is 2.50. The third-order valence-corrected chi connectivity index (χ3v) is 8.42. The summed E-state index contributed by atoms with van der Waals surface area (Å²) < 4.78 is 9.97. The van der Waals surface area contributed by atoms with Crippen LogP contribution in [0.4, 0.5) is 5.13 Å². The topological polar surface area (TPSA) is 58.6 Å². The number of benzene rings is 1. The van der Waals surface area contributed by atoms with E-state index < -0.39 is 0 Å². The van der Waals surface area contributed by atoms with E-state index >= 15 is 0 Å². The van der Waals surface area contributed by atoms with Crippen LogP contribution in [-0.2, 0) is 11.2 Å². The van der Waals surface area contributed by atoms with Gasteiger partial charge in [0.2, 0.25) is 11.0 Å². The second-order valence-electron chi connectivity index (χ2n) is 11.5. The number of methoxy groups -OCH3 is 1. The minimum Gasteiger partial charge on any atom is -0.497 e. The van der Waals surface area contributed by atoms with Crippen molar-refractivity contribution in [1.29, 1.82) is 0 Å². The van der Waals surface area contributed by atoms with Crippen molar-refractivity contribution < 1.29 is 9.53 Å². The lowest BCUT2D eigenvalue weighted by Crippen LogP contribution is -2.40. The average molecular weight is 485 g/mol. The third-order valence-electron chi connectivity index (χ3n) is 7.62. The van der Waals surface area contributed by atoms with Gasteiger partial charge in [-0.1, -0.05) is 39.8 Å². The average Bonchev–Trinajstić information content (AvgIpc) is 3.34. The molecule has 0 spiro atoms. The molecule has 1 saturated heterocycles. The summed E-state index contributed by atoms with van der Waals surface area (Å²) in [4.78, 5) is 22.7. The van der Waals surface area contributed by atoms with Crippen molar-refractivity contribution in [2.45, 2.75) is 85.2 Å². The lowest BCUT2D eigenvalue weighted by Gasteiger charge is -2.39. The maximum Gasteiger partial charge on any atom is 0.224 e. The number of aromatic nitrogens is 2. The van der Waals surface area contributed by atoms with Crippen LogP contribution >= 0.6 is 11.5 Å². The molecule has 0 unspecified atom stereocenters. The molecule has 1 aliphatic carbocycles. The predicted molar refractivity (Wildman–Crippen MR) is 139 cm³/mol. The Kier molecular flexibility index (Phi) is 7.22. The number of amides is 1. The first kappa shape index (κ1) is 25.0. The number of fused-ring (bicyclic) bond motifs is 2. The van der Waals surface area contributed by atoms with Crippen LogP contribution < -0.4 is 9.64 Å². The van der Waals surface area contributed by atoms with E-state index in [4.69, 9.17) is 9.72 Å². The lowest BCUT2D eigenvalue weighted by atomic mass is 9.65. The largest absolute Gasteiger partial charge is 0.497 e. The Bertz CT molecular complexity index is 1010. The SMILES string of the molecule is CC[C@H](C)N(CCC(=O)N1C[C@@]2(C)C[C@H]1CC(C)(C)C2)c1nc(Cc2cccc(OC)c2)ns1. The summed E-state index contributed by atoms with van der Waals surface area (Å²) in [7, 11) is 1.68. The number of nitrogens with zero attached hydrogens (tertiary/aromatic N) is 4. The zero-order chi connectivity index (χ0) is 24.5. The Labute approximate surface area is 208 Å². The molecule has 34 heavy (non-hydrogen) atoms. The standard InChI is InChI=1S/C27H40N4O2S/c1-7-19(2)30(25-28-23(29-34-25)14-20-9-8-10-22(13-20)33-6)12-11-24(32)31-18-27(5)16-21(31)15-26(3,4)17-27/h8-10,13,19,21H,7,11-12,14-18H2,1-6H3/t19-,21+,27-/m0/s1. The number of likely N-dealkylation sites (tertiary alicyclic amines) is 1. The van der Waals surface area contributed by atoms with Crippen LogP contribution in [0.25, 0.3) is 0 Å². The molecule has 0 N–H and O–H groups in total. The van der Waals surface area contributed by atoms with E-state index in [1.54, 1.807) is 7.11 Å². The lowest BCUT2D eigenvalue weighted by molar-refractivity contribution is -0.132. The Hall–Kier alpha value is -2.15. The van der Waals surface area contributed by atoms with Gasteiger partial charge in [0, 0.05) is 49.5 Å². The summed E-state index contributed by atoms with van der Waals surface area (Å²) in [6.07, 6.45) is 5.68. The van der Waals surface area contributed by atoms with Crippen molar-refractivity contribution in [2.24, 2.45) is 10.8 Å². The van der Waals surface area contributed by atoms with Gasteiger partial charge < -0.3 is 14.5 Å². The monoisotopic (exact) mass is 484 g/mol. The molecule has 1 aliphatic heterocycles. The minimum absolute atomic E-state index is 0.271. The molecule has 2 aromatic rings. The minimum atomic E-state index is 0.271. The molecule has 6 nitrogen and oxygen atoms in total. The number of hydrogen-bond acceptors (Lipinski definition) is 6. The van der Waals surface area contributed by atoms with Crippen molar-refractivity contribution >= 4 is 22.6 Å². The van der Waals surface area contributed by atoms with E-state index in [1.165, 1.54) is 18.0 Å². The van der Waals surface area contributed by atoms with E-state index in [0.29, 0.717) is 42.8 Å². The number of rotatable bonds is 9. The first-order valence-corrected chi connectivity index (χ1v) is 13.4. The molecule has 1 aromatic carbocycles. The summed E-state index contributed by atoms with van der Waals surface area (Å²) >= 11 is 1.44. The normalized spacial score (nSPS) is 24.2. The van der Waals surface area contributed by atoms with Crippen molar-refractivity contribution in [3.05, 3.63) is 35.7 Å². The van der Waals surface area contributed by atoms with Gasteiger partial charge >= 0.3 is 0 Å². The van der Waals surface area contributed by atoms with Gasteiger partial charge in [-0.25, -0.2) is 4.98 Å².